The molecule has 3 aromatic carbocycles. The first-order valence-electron chi connectivity index (χ1n) is 12.4. The molecule has 0 aliphatic heterocycles. The average Bonchev–Trinajstić information content (AvgIpc) is 2.96. The van der Waals surface area contributed by atoms with Gasteiger partial charge in [-0.1, -0.05) is 42.5 Å². The Balaban J connectivity index is 1.50. The van der Waals surface area contributed by atoms with E-state index in [9.17, 15) is 16.8 Å². The minimum absolute atomic E-state index is 0.0622. The highest BCUT2D eigenvalue weighted by Crippen LogP contribution is 2.19. The highest BCUT2D eigenvalue weighted by molar-refractivity contribution is 7.89. The van der Waals surface area contributed by atoms with E-state index in [0.29, 0.717) is 36.3 Å². The Kier molecular flexibility index (Phi) is 9.29. The van der Waals surface area contributed by atoms with Gasteiger partial charge in [-0.25, -0.2) is 26.7 Å². The maximum absolute atomic E-state index is 12.0. The van der Waals surface area contributed by atoms with Crippen molar-refractivity contribution in [3.63, 3.8) is 0 Å². The summed E-state index contributed by atoms with van der Waals surface area (Å²) in [6.07, 6.45) is 0.607. The summed E-state index contributed by atoms with van der Waals surface area (Å²) in [5, 5.41) is 16.0. The maximum Gasteiger partial charge on any atom is 0.240 e. The van der Waals surface area contributed by atoms with Gasteiger partial charge >= 0.3 is 0 Å². The average molecular weight is 595 g/mol. The largest absolute Gasteiger partial charge is 0.370 e. The van der Waals surface area contributed by atoms with Crippen LogP contribution >= 0.6 is 0 Å². The number of anilines is 4. The number of hydrogen-bond donors (Lipinski definition) is 5. The zero-order valence-corrected chi connectivity index (χ0v) is 24.0. The molecule has 0 unspecified atom stereocenters. The Morgan fingerprint density at radius 2 is 1.49 bits per heavy atom. The van der Waals surface area contributed by atoms with E-state index in [0.717, 1.165) is 16.8 Å². The van der Waals surface area contributed by atoms with Gasteiger partial charge in [-0.2, -0.15) is 15.1 Å². The molecule has 41 heavy (non-hydrogen) atoms. The summed E-state index contributed by atoms with van der Waals surface area (Å²) in [5.74, 6) is 1.31. The van der Waals surface area contributed by atoms with Gasteiger partial charge < -0.3 is 10.6 Å². The number of hydrazone groups is 1. The lowest BCUT2D eigenvalue weighted by atomic mass is 10.1. The summed E-state index contributed by atoms with van der Waals surface area (Å²) in [7, 11) is -5.91. The van der Waals surface area contributed by atoms with Crippen molar-refractivity contribution in [2.45, 2.75) is 23.1 Å². The van der Waals surface area contributed by atoms with Crippen molar-refractivity contribution in [2.75, 3.05) is 29.7 Å². The lowest BCUT2D eigenvalue weighted by Gasteiger charge is -2.12. The minimum atomic E-state index is -3.74. The Hall–Kier alpha value is -4.37. The summed E-state index contributed by atoms with van der Waals surface area (Å²) in [6, 6.07) is 24.0. The van der Waals surface area contributed by atoms with Gasteiger partial charge in [0.2, 0.25) is 26.0 Å². The molecule has 12 nitrogen and oxygen atoms in total. The van der Waals surface area contributed by atoms with E-state index in [-0.39, 0.29) is 9.79 Å². The third-order valence-corrected chi connectivity index (χ3v) is 8.28. The van der Waals surface area contributed by atoms with Crippen LogP contribution in [0.15, 0.2) is 99.8 Å². The van der Waals surface area contributed by atoms with Gasteiger partial charge in [0.05, 0.1) is 15.5 Å². The molecule has 4 rings (SSSR count). The van der Waals surface area contributed by atoms with Gasteiger partial charge in [0.15, 0.2) is 5.82 Å². The first kappa shape index (κ1) is 29.6. The van der Waals surface area contributed by atoms with Crippen molar-refractivity contribution in [1.29, 1.82) is 0 Å². The summed E-state index contributed by atoms with van der Waals surface area (Å²) < 4.78 is 49.2. The van der Waals surface area contributed by atoms with Gasteiger partial charge in [0.25, 0.3) is 0 Å². The van der Waals surface area contributed by atoms with Crippen LogP contribution in [-0.4, -0.2) is 46.1 Å². The molecule has 14 heteroatoms. The highest BCUT2D eigenvalue weighted by Gasteiger charge is 2.12. The third-order valence-electron chi connectivity index (χ3n) is 5.92. The first-order valence-corrected chi connectivity index (χ1v) is 15.5. The van der Waals surface area contributed by atoms with Crippen LogP contribution in [0.3, 0.4) is 0 Å². The van der Waals surface area contributed by atoms with Gasteiger partial charge in [0.1, 0.15) is 5.82 Å². The van der Waals surface area contributed by atoms with E-state index in [2.05, 4.69) is 35.9 Å². The third kappa shape index (κ3) is 8.31. The SMILES string of the molecule is CNS(=O)(=O)c1ccc(C(C)=NNc2cc(NCCc3ccc(S(N)(=O)=O)cc3)nc(Nc3ccccc3)n2)cc1. The predicted octanol–water partition coefficient (Wildman–Crippen LogP) is 3.27. The predicted molar refractivity (Wildman–Crippen MR) is 160 cm³/mol. The van der Waals surface area contributed by atoms with E-state index < -0.39 is 20.0 Å². The molecule has 214 valence electrons. The first-order chi connectivity index (χ1) is 19.5. The molecule has 6 N–H and O–H groups in total. The highest BCUT2D eigenvalue weighted by atomic mass is 32.2. The molecule has 0 fully saturated rings. The van der Waals surface area contributed by atoms with Crippen LogP contribution in [0, 0.1) is 0 Å². The van der Waals surface area contributed by atoms with Gasteiger partial charge in [-0.15, -0.1) is 0 Å². The van der Waals surface area contributed by atoms with E-state index in [1.165, 1.54) is 31.3 Å². The van der Waals surface area contributed by atoms with E-state index in [1.807, 2.05) is 30.3 Å². The van der Waals surface area contributed by atoms with Crippen LogP contribution in [0.25, 0.3) is 0 Å². The van der Waals surface area contributed by atoms with E-state index in [4.69, 9.17) is 5.14 Å². The van der Waals surface area contributed by atoms with Crippen LogP contribution in [-0.2, 0) is 26.5 Å². The topological polar surface area (TPSA) is 181 Å². The number of nitrogens with two attached hydrogens (primary N) is 1. The Morgan fingerprint density at radius 3 is 2.12 bits per heavy atom. The number of benzene rings is 3. The number of sulfonamides is 2. The van der Waals surface area contributed by atoms with Crippen LogP contribution in [0.5, 0.6) is 0 Å². The molecule has 0 saturated heterocycles. The zero-order valence-electron chi connectivity index (χ0n) is 22.4. The Bertz CT molecular complexity index is 1730. The van der Waals surface area contributed by atoms with Crippen molar-refractivity contribution in [1.82, 2.24) is 14.7 Å². The molecule has 1 aromatic heterocycles. The Labute approximate surface area is 239 Å². The number of aromatic nitrogens is 2. The van der Waals surface area contributed by atoms with Gasteiger partial charge in [-0.05, 0) is 67.9 Å². The summed E-state index contributed by atoms with van der Waals surface area (Å²) in [6.45, 7) is 2.30. The molecule has 0 bridgehead atoms. The quantitative estimate of drug-likeness (QED) is 0.121. The second-order valence-electron chi connectivity index (χ2n) is 8.86. The van der Waals surface area contributed by atoms with E-state index >= 15 is 0 Å². The molecule has 1 heterocycles. The second kappa shape index (κ2) is 12.9. The summed E-state index contributed by atoms with van der Waals surface area (Å²) in [5.41, 5.74) is 6.03. The molecular formula is C27H30N8O4S2. The van der Waals surface area contributed by atoms with Crippen molar-refractivity contribution < 1.29 is 16.8 Å². The normalized spacial score (nSPS) is 12.1. The van der Waals surface area contributed by atoms with Crippen molar-refractivity contribution >= 4 is 49.0 Å². The van der Waals surface area contributed by atoms with Gasteiger partial charge in [-0.3, -0.25) is 5.43 Å². The summed E-state index contributed by atoms with van der Waals surface area (Å²) >= 11 is 0. The number of para-hydroxylation sites is 1. The lowest BCUT2D eigenvalue weighted by molar-refractivity contribution is 0.588. The molecule has 0 aliphatic carbocycles. The molecule has 0 spiro atoms. The van der Waals surface area contributed by atoms with Crippen LogP contribution in [0.4, 0.5) is 23.3 Å². The number of hydrogen-bond acceptors (Lipinski definition) is 10. The fraction of sp³-hybridized carbons (Fsp3) is 0.148. The van der Waals surface area contributed by atoms with Crippen molar-refractivity contribution in [2.24, 2.45) is 10.2 Å². The standard InChI is InChI=1S/C27H30N8O4S2/c1-19(21-10-14-24(15-11-21)41(38,39)29-2)34-35-26-18-25(32-27(33-26)31-22-6-4-3-5-7-22)30-17-16-20-8-12-23(13-9-20)40(28,36)37/h3-15,18,29H,16-17H2,1-2H3,(H2,28,36,37)(H3,30,31,32,33,35). The fourth-order valence-electron chi connectivity index (χ4n) is 3.68. The number of nitrogens with zero attached hydrogens (tertiary/aromatic N) is 3. The van der Waals surface area contributed by atoms with Crippen LogP contribution in [0.2, 0.25) is 0 Å². The second-order valence-corrected chi connectivity index (χ2v) is 12.3. The van der Waals surface area contributed by atoms with E-state index in [1.54, 1.807) is 37.3 Å². The summed E-state index contributed by atoms with van der Waals surface area (Å²) in [4.78, 5) is 9.29. The molecular weight excluding hydrogens is 564 g/mol. The number of nitrogens with one attached hydrogen (secondary N) is 4. The zero-order chi connectivity index (χ0) is 29.5. The molecule has 0 amide bonds. The van der Waals surface area contributed by atoms with Crippen molar-refractivity contribution in [3.05, 3.63) is 96.1 Å². The Morgan fingerprint density at radius 1 is 0.854 bits per heavy atom. The van der Waals surface area contributed by atoms with Crippen molar-refractivity contribution in [3.8, 4) is 0 Å². The fourth-order valence-corrected chi connectivity index (χ4v) is 4.93. The minimum Gasteiger partial charge on any atom is -0.370 e. The van der Waals surface area contributed by atoms with Gasteiger partial charge in [0, 0.05) is 18.3 Å². The van der Waals surface area contributed by atoms with Crippen LogP contribution in [0.1, 0.15) is 18.1 Å². The number of primary sulfonamides is 1. The molecule has 0 aliphatic rings. The smallest absolute Gasteiger partial charge is 0.240 e. The molecule has 4 aromatic rings. The lowest BCUT2D eigenvalue weighted by Crippen LogP contribution is -2.18. The molecule has 0 atom stereocenters. The monoisotopic (exact) mass is 594 g/mol. The molecule has 0 radical (unpaired) electrons. The number of rotatable bonds is 12. The maximum atomic E-state index is 12.0. The molecule has 0 saturated carbocycles. The van der Waals surface area contributed by atoms with Crippen LogP contribution < -0.4 is 25.9 Å².